The first-order valence-electron chi connectivity index (χ1n) is 7.19. The molecule has 22 heavy (non-hydrogen) atoms. The molecule has 1 heterocycles. The fourth-order valence-corrected chi connectivity index (χ4v) is 2.73. The van der Waals surface area contributed by atoms with Crippen LogP contribution in [0.1, 0.15) is 23.0 Å². The Kier molecular flexibility index (Phi) is 4.16. The Morgan fingerprint density at radius 2 is 1.91 bits per heavy atom. The highest BCUT2D eigenvalue weighted by Gasteiger charge is 2.17. The van der Waals surface area contributed by atoms with Gasteiger partial charge in [-0.25, -0.2) is 4.79 Å². The third kappa shape index (κ3) is 2.85. The van der Waals surface area contributed by atoms with Crippen LogP contribution in [0.5, 0.6) is 0 Å². The van der Waals surface area contributed by atoms with Gasteiger partial charge in [0.25, 0.3) is 0 Å². The Morgan fingerprint density at radius 3 is 2.64 bits per heavy atom. The molecule has 1 aromatic heterocycles. The van der Waals surface area contributed by atoms with Crippen molar-refractivity contribution in [3.05, 3.63) is 70.9 Å². The quantitative estimate of drug-likeness (QED) is 0.663. The van der Waals surface area contributed by atoms with Crippen LogP contribution < -0.4 is 0 Å². The molecule has 2 aromatic carbocycles. The van der Waals surface area contributed by atoms with Crippen LogP contribution in [-0.2, 0) is 11.3 Å². The van der Waals surface area contributed by atoms with Crippen molar-refractivity contribution >= 4 is 28.5 Å². The number of halogens is 1. The lowest BCUT2D eigenvalue weighted by molar-refractivity contribution is 0.0515. The average molecular weight is 314 g/mol. The summed E-state index contributed by atoms with van der Waals surface area (Å²) in [6.07, 6.45) is 0. The molecule has 0 aliphatic rings. The summed E-state index contributed by atoms with van der Waals surface area (Å²) in [4.78, 5) is 12.2. The molecule has 0 unspecified atom stereocenters. The van der Waals surface area contributed by atoms with Crippen LogP contribution in [-0.4, -0.2) is 17.1 Å². The summed E-state index contributed by atoms with van der Waals surface area (Å²) in [6, 6.07) is 17.5. The fourth-order valence-electron chi connectivity index (χ4n) is 2.55. The van der Waals surface area contributed by atoms with Crippen LogP contribution in [0.15, 0.2) is 54.6 Å². The Bertz CT molecular complexity index is 809. The van der Waals surface area contributed by atoms with E-state index in [2.05, 4.69) is 0 Å². The summed E-state index contributed by atoms with van der Waals surface area (Å²) in [7, 11) is 0. The topological polar surface area (TPSA) is 31.2 Å². The van der Waals surface area contributed by atoms with E-state index in [0.717, 1.165) is 16.5 Å². The summed E-state index contributed by atoms with van der Waals surface area (Å²) < 4.78 is 7.14. The number of hydrogen-bond acceptors (Lipinski definition) is 2. The second-order valence-electron chi connectivity index (χ2n) is 5.02. The molecule has 0 N–H and O–H groups in total. The van der Waals surface area contributed by atoms with E-state index in [0.29, 0.717) is 23.9 Å². The minimum atomic E-state index is -0.314. The van der Waals surface area contributed by atoms with Gasteiger partial charge in [-0.2, -0.15) is 0 Å². The normalized spacial score (nSPS) is 10.8. The van der Waals surface area contributed by atoms with Gasteiger partial charge in [-0.1, -0.05) is 41.9 Å². The highest BCUT2D eigenvalue weighted by molar-refractivity contribution is 6.31. The number of rotatable bonds is 4. The van der Waals surface area contributed by atoms with Crippen molar-refractivity contribution in [3.63, 3.8) is 0 Å². The standard InChI is InChI=1S/C18H16ClNO2/c1-2-22-18(21)17-11-14-10-15(19)8-9-16(14)20(17)12-13-6-4-3-5-7-13/h3-11H,2,12H2,1H3. The Morgan fingerprint density at radius 1 is 1.14 bits per heavy atom. The van der Waals surface area contributed by atoms with Gasteiger partial charge in [0.15, 0.2) is 0 Å². The minimum absolute atomic E-state index is 0.314. The van der Waals surface area contributed by atoms with Gasteiger partial charge in [0.05, 0.1) is 6.61 Å². The molecule has 0 radical (unpaired) electrons. The largest absolute Gasteiger partial charge is 0.461 e. The molecule has 0 fully saturated rings. The van der Waals surface area contributed by atoms with Crippen molar-refractivity contribution in [1.29, 1.82) is 0 Å². The molecule has 0 aliphatic heterocycles. The predicted molar refractivity (Wildman–Crippen MR) is 88.4 cm³/mol. The van der Waals surface area contributed by atoms with Crippen molar-refractivity contribution < 1.29 is 9.53 Å². The number of fused-ring (bicyclic) bond motifs is 1. The zero-order valence-electron chi connectivity index (χ0n) is 12.3. The zero-order chi connectivity index (χ0) is 15.5. The second-order valence-corrected chi connectivity index (χ2v) is 5.46. The van der Waals surface area contributed by atoms with Gasteiger partial charge in [-0.15, -0.1) is 0 Å². The van der Waals surface area contributed by atoms with Crippen molar-refractivity contribution in [2.24, 2.45) is 0 Å². The van der Waals surface area contributed by atoms with Crippen LogP contribution in [0, 0.1) is 0 Å². The summed E-state index contributed by atoms with van der Waals surface area (Å²) in [5.41, 5.74) is 2.64. The number of nitrogens with zero attached hydrogens (tertiary/aromatic N) is 1. The molecule has 112 valence electrons. The van der Waals surface area contributed by atoms with E-state index in [1.54, 1.807) is 6.92 Å². The SMILES string of the molecule is CCOC(=O)c1cc2cc(Cl)ccc2n1Cc1ccccc1. The Labute approximate surface area is 134 Å². The van der Waals surface area contributed by atoms with Crippen LogP contribution in [0.4, 0.5) is 0 Å². The van der Waals surface area contributed by atoms with E-state index in [1.165, 1.54) is 0 Å². The van der Waals surface area contributed by atoms with Crippen molar-refractivity contribution in [1.82, 2.24) is 4.57 Å². The molecule has 4 heteroatoms. The third-order valence-corrected chi connectivity index (χ3v) is 3.77. The Balaban J connectivity index is 2.12. The first kappa shape index (κ1) is 14.7. The molecule has 0 saturated carbocycles. The highest BCUT2D eigenvalue weighted by Crippen LogP contribution is 2.25. The van der Waals surface area contributed by atoms with Crippen LogP contribution >= 0.6 is 11.6 Å². The maximum absolute atomic E-state index is 12.2. The van der Waals surface area contributed by atoms with E-state index < -0.39 is 0 Å². The second kappa shape index (κ2) is 6.24. The first-order valence-corrected chi connectivity index (χ1v) is 7.56. The van der Waals surface area contributed by atoms with Gasteiger partial charge in [0.2, 0.25) is 0 Å². The number of benzene rings is 2. The van der Waals surface area contributed by atoms with Crippen molar-refractivity contribution in [3.8, 4) is 0 Å². The molecule has 0 aliphatic carbocycles. The van der Waals surface area contributed by atoms with Crippen molar-refractivity contribution in [2.45, 2.75) is 13.5 Å². The maximum atomic E-state index is 12.2. The molecule has 0 bridgehead atoms. The molecule has 3 rings (SSSR count). The third-order valence-electron chi connectivity index (χ3n) is 3.53. The summed E-state index contributed by atoms with van der Waals surface area (Å²) in [5.74, 6) is -0.314. The van der Waals surface area contributed by atoms with Gasteiger partial charge in [-0.05, 0) is 36.8 Å². The van der Waals surface area contributed by atoms with Crippen LogP contribution in [0.25, 0.3) is 10.9 Å². The van der Waals surface area contributed by atoms with Crippen LogP contribution in [0.3, 0.4) is 0 Å². The van der Waals surface area contributed by atoms with Gasteiger partial charge in [0, 0.05) is 22.5 Å². The zero-order valence-corrected chi connectivity index (χ0v) is 13.0. The lowest BCUT2D eigenvalue weighted by atomic mass is 10.2. The van der Waals surface area contributed by atoms with Crippen molar-refractivity contribution in [2.75, 3.05) is 6.61 Å². The predicted octanol–water partition coefficient (Wildman–Crippen LogP) is 4.52. The summed E-state index contributed by atoms with van der Waals surface area (Å²) >= 11 is 6.06. The summed E-state index contributed by atoms with van der Waals surface area (Å²) in [5, 5.41) is 1.59. The number of esters is 1. The lowest BCUT2D eigenvalue weighted by Crippen LogP contribution is -2.12. The number of carbonyl (C=O) groups excluding carboxylic acids is 1. The minimum Gasteiger partial charge on any atom is -0.461 e. The van der Waals surface area contributed by atoms with Gasteiger partial charge >= 0.3 is 5.97 Å². The summed E-state index contributed by atoms with van der Waals surface area (Å²) in [6.45, 7) is 2.77. The molecular formula is C18H16ClNO2. The Hall–Kier alpha value is -2.26. The smallest absolute Gasteiger partial charge is 0.354 e. The number of aromatic nitrogens is 1. The van der Waals surface area contributed by atoms with Gasteiger partial charge in [0.1, 0.15) is 5.69 Å². The van der Waals surface area contributed by atoms with E-state index in [4.69, 9.17) is 16.3 Å². The fraction of sp³-hybridized carbons (Fsp3) is 0.167. The van der Waals surface area contributed by atoms with E-state index >= 15 is 0 Å². The van der Waals surface area contributed by atoms with E-state index in [-0.39, 0.29) is 5.97 Å². The maximum Gasteiger partial charge on any atom is 0.354 e. The van der Waals surface area contributed by atoms with Gasteiger partial charge in [-0.3, -0.25) is 0 Å². The van der Waals surface area contributed by atoms with Crippen LogP contribution in [0.2, 0.25) is 5.02 Å². The lowest BCUT2D eigenvalue weighted by Gasteiger charge is -2.10. The highest BCUT2D eigenvalue weighted by atomic mass is 35.5. The molecule has 0 spiro atoms. The molecule has 0 atom stereocenters. The first-order chi connectivity index (χ1) is 10.7. The van der Waals surface area contributed by atoms with Gasteiger partial charge < -0.3 is 9.30 Å². The number of carbonyl (C=O) groups is 1. The molecule has 3 aromatic rings. The van der Waals surface area contributed by atoms with E-state index in [1.807, 2.05) is 59.2 Å². The number of hydrogen-bond donors (Lipinski definition) is 0. The average Bonchev–Trinajstić information content (AvgIpc) is 2.86. The molecule has 0 amide bonds. The monoisotopic (exact) mass is 313 g/mol. The molecule has 3 nitrogen and oxygen atoms in total. The molecule has 0 saturated heterocycles. The number of ether oxygens (including phenoxy) is 1. The van der Waals surface area contributed by atoms with E-state index in [9.17, 15) is 4.79 Å². The molecular weight excluding hydrogens is 298 g/mol.